The Labute approximate surface area is 145 Å². The van der Waals surface area contributed by atoms with Crippen molar-refractivity contribution in [2.45, 2.75) is 11.8 Å². The van der Waals surface area contributed by atoms with Crippen molar-refractivity contribution in [3.63, 3.8) is 0 Å². The summed E-state index contributed by atoms with van der Waals surface area (Å²) in [6.07, 6.45) is 0. The molecule has 0 bridgehead atoms. The van der Waals surface area contributed by atoms with Gasteiger partial charge in [0, 0.05) is 25.7 Å². The van der Waals surface area contributed by atoms with Crippen LogP contribution in [0.1, 0.15) is 11.5 Å². The molecule has 1 heterocycles. The van der Waals surface area contributed by atoms with Gasteiger partial charge < -0.3 is 24.7 Å². The van der Waals surface area contributed by atoms with Gasteiger partial charge in [-0.2, -0.15) is 10.5 Å². The fraction of sp³-hybridized carbons (Fsp3) is 0.471. The zero-order valence-electron chi connectivity index (χ0n) is 14.4. The highest BCUT2D eigenvalue weighted by Crippen LogP contribution is 2.82. The summed E-state index contributed by atoms with van der Waals surface area (Å²) in [6, 6.07) is 9.56. The first-order valence-electron chi connectivity index (χ1n) is 7.49. The van der Waals surface area contributed by atoms with Crippen LogP contribution in [0.5, 0.6) is 11.5 Å². The van der Waals surface area contributed by atoms with E-state index >= 15 is 0 Å². The molecule has 2 aliphatic rings. The fourth-order valence-corrected chi connectivity index (χ4v) is 4.05. The SMILES string of the molecule is COc1ccc(OC)c(C2C3(C#N)C(N)=NC(OC)(OC)C23C#N)c1. The van der Waals surface area contributed by atoms with Gasteiger partial charge in [-0.05, 0) is 18.2 Å². The lowest BCUT2D eigenvalue weighted by molar-refractivity contribution is -0.230. The van der Waals surface area contributed by atoms with Gasteiger partial charge in [0.1, 0.15) is 22.7 Å². The zero-order valence-corrected chi connectivity index (χ0v) is 14.4. The summed E-state index contributed by atoms with van der Waals surface area (Å²) in [6.45, 7) is 0. The zero-order chi connectivity index (χ0) is 18.5. The maximum absolute atomic E-state index is 10.0. The quantitative estimate of drug-likeness (QED) is 0.796. The van der Waals surface area contributed by atoms with E-state index in [1.54, 1.807) is 18.2 Å². The molecule has 1 aliphatic carbocycles. The lowest BCUT2D eigenvalue weighted by atomic mass is 9.93. The number of aliphatic imine (C=N–C) groups is 1. The van der Waals surface area contributed by atoms with Crippen LogP contribution in [0, 0.1) is 33.5 Å². The van der Waals surface area contributed by atoms with Crippen molar-refractivity contribution >= 4 is 5.84 Å². The summed E-state index contributed by atoms with van der Waals surface area (Å²) < 4.78 is 21.6. The van der Waals surface area contributed by atoms with Gasteiger partial charge in [-0.25, -0.2) is 4.99 Å². The number of benzene rings is 1. The Bertz CT molecular complexity index is 836. The number of fused-ring (bicyclic) bond motifs is 1. The van der Waals surface area contributed by atoms with Crippen LogP contribution in [0.25, 0.3) is 0 Å². The van der Waals surface area contributed by atoms with E-state index < -0.39 is 22.7 Å². The Morgan fingerprint density at radius 1 is 1.08 bits per heavy atom. The maximum atomic E-state index is 10.0. The van der Waals surface area contributed by atoms with Gasteiger partial charge in [0.2, 0.25) is 0 Å². The van der Waals surface area contributed by atoms with Crippen LogP contribution in [-0.4, -0.2) is 40.2 Å². The Kier molecular flexibility index (Phi) is 3.64. The number of rotatable bonds is 5. The Balaban J connectivity index is 2.29. The average Bonchev–Trinajstić information content (AvgIpc) is 3.23. The van der Waals surface area contributed by atoms with Gasteiger partial charge >= 0.3 is 0 Å². The van der Waals surface area contributed by atoms with Crippen LogP contribution in [0.4, 0.5) is 0 Å². The van der Waals surface area contributed by atoms with E-state index in [1.807, 2.05) is 0 Å². The number of ether oxygens (including phenoxy) is 4. The molecule has 0 radical (unpaired) electrons. The largest absolute Gasteiger partial charge is 0.497 e. The van der Waals surface area contributed by atoms with Crippen molar-refractivity contribution in [1.82, 2.24) is 0 Å². The van der Waals surface area contributed by atoms with Crippen LogP contribution >= 0.6 is 0 Å². The molecule has 0 aromatic heterocycles. The molecule has 8 heteroatoms. The Hall–Kier alpha value is -2.81. The summed E-state index contributed by atoms with van der Waals surface area (Å²) in [7, 11) is 5.78. The van der Waals surface area contributed by atoms with Crippen molar-refractivity contribution in [1.29, 1.82) is 10.5 Å². The van der Waals surface area contributed by atoms with Crippen LogP contribution in [0.3, 0.4) is 0 Å². The van der Waals surface area contributed by atoms with Gasteiger partial charge in [0.05, 0.1) is 26.4 Å². The average molecular weight is 342 g/mol. The van der Waals surface area contributed by atoms with Gasteiger partial charge in [-0.15, -0.1) is 0 Å². The molecule has 3 rings (SSSR count). The van der Waals surface area contributed by atoms with Crippen molar-refractivity contribution in [3.05, 3.63) is 23.8 Å². The van der Waals surface area contributed by atoms with Gasteiger partial charge in [-0.3, -0.25) is 0 Å². The fourth-order valence-electron chi connectivity index (χ4n) is 4.05. The second kappa shape index (κ2) is 5.35. The molecule has 1 saturated carbocycles. The van der Waals surface area contributed by atoms with E-state index in [1.165, 1.54) is 28.4 Å². The van der Waals surface area contributed by atoms with Gasteiger partial charge in [-0.1, -0.05) is 0 Å². The summed E-state index contributed by atoms with van der Waals surface area (Å²) in [4.78, 5) is 4.18. The minimum absolute atomic E-state index is 0.00937. The minimum atomic E-state index is -1.67. The van der Waals surface area contributed by atoms with E-state index in [-0.39, 0.29) is 5.84 Å². The number of nitriles is 2. The molecule has 3 unspecified atom stereocenters. The second-order valence-corrected chi connectivity index (χ2v) is 5.87. The van der Waals surface area contributed by atoms with Crippen molar-refractivity contribution in [2.75, 3.05) is 28.4 Å². The van der Waals surface area contributed by atoms with Crippen LogP contribution in [-0.2, 0) is 9.47 Å². The molecule has 0 spiro atoms. The smallest absolute Gasteiger partial charge is 0.292 e. The van der Waals surface area contributed by atoms with Crippen molar-refractivity contribution in [2.24, 2.45) is 21.6 Å². The highest BCUT2D eigenvalue weighted by Gasteiger charge is 2.93. The molecule has 25 heavy (non-hydrogen) atoms. The number of nitrogens with zero attached hydrogens (tertiary/aromatic N) is 3. The molecule has 1 fully saturated rings. The molecule has 130 valence electrons. The second-order valence-electron chi connectivity index (χ2n) is 5.87. The molecule has 0 saturated heterocycles. The topological polar surface area (TPSA) is 123 Å². The summed E-state index contributed by atoms with van der Waals surface area (Å²) in [5.74, 6) is -1.22. The number of nitrogens with two attached hydrogens (primary N) is 1. The molecular weight excluding hydrogens is 324 g/mol. The van der Waals surface area contributed by atoms with Crippen LogP contribution in [0.15, 0.2) is 23.2 Å². The van der Waals surface area contributed by atoms with Crippen molar-refractivity contribution < 1.29 is 18.9 Å². The van der Waals surface area contributed by atoms with Gasteiger partial charge in [0.15, 0.2) is 5.41 Å². The Morgan fingerprint density at radius 3 is 2.24 bits per heavy atom. The lowest BCUT2D eigenvalue weighted by Crippen LogP contribution is -2.41. The first kappa shape index (κ1) is 17.0. The summed E-state index contributed by atoms with van der Waals surface area (Å²) >= 11 is 0. The molecule has 2 N–H and O–H groups in total. The van der Waals surface area contributed by atoms with E-state index in [0.717, 1.165) is 0 Å². The molecule has 1 aromatic rings. The predicted molar refractivity (Wildman–Crippen MR) is 86.8 cm³/mol. The first-order chi connectivity index (χ1) is 12.0. The Morgan fingerprint density at radius 2 is 1.76 bits per heavy atom. The third-order valence-corrected chi connectivity index (χ3v) is 5.23. The third kappa shape index (κ3) is 1.63. The number of methoxy groups -OCH3 is 4. The normalized spacial score (nSPS) is 31.3. The minimum Gasteiger partial charge on any atom is -0.497 e. The monoisotopic (exact) mass is 342 g/mol. The first-order valence-corrected chi connectivity index (χ1v) is 7.49. The summed E-state index contributed by atoms with van der Waals surface area (Å²) in [5.41, 5.74) is 3.90. The molecule has 0 amide bonds. The van der Waals surface area contributed by atoms with E-state index in [2.05, 4.69) is 17.1 Å². The molecule has 1 aliphatic heterocycles. The maximum Gasteiger partial charge on any atom is 0.292 e. The third-order valence-electron chi connectivity index (χ3n) is 5.23. The number of amidine groups is 1. The van der Waals surface area contributed by atoms with Gasteiger partial charge in [0.25, 0.3) is 5.91 Å². The number of hydrogen-bond acceptors (Lipinski definition) is 8. The molecule has 3 atom stereocenters. The molecular formula is C17H18N4O4. The standard InChI is InChI=1S/C17H18N4O4/c1-22-10-5-6-12(23-2)11(7-10)13-15(8-18)14(20)21-17(24-3,25-4)16(13,15)9-19/h5-7,13H,1-4H3,(H2,20,21). The van der Waals surface area contributed by atoms with Crippen LogP contribution in [0.2, 0.25) is 0 Å². The molecule has 8 nitrogen and oxygen atoms in total. The van der Waals surface area contributed by atoms with Crippen molar-refractivity contribution in [3.8, 4) is 23.6 Å². The highest BCUT2D eigenvalue weighted by molar-refractivity contribution is 6.00. The van der Waals surface area contributed by atoms with E-state index in [4.69, 9.17) is 24.7 Å². The highest BCUT2D eigenvalue weighted by atomic mass is 16.7. The van der Waals surface area contributed by atoms with Crippen LogP contribution < -0.4 is 15.2 Å². The van der Waals surface area contributed by atoms with E-state index in [0.29, 0.717) is 17.1 Å². The molecule has 1 aromatic carbocycles. The number of hydrogen-bond donors (Lipinski definition) is 1. The summed E-state index contributed by atoms with van der Waals surface area (Å²) in [5, 5.41) is 20.0. The predicted octanol–water partition coefficient (Wildman–Crippen LogP) is 1.14. The van der Waals surface area contributed by atoms with E-state index in [9.17, 15) is 10.5 Å². The lowest BCUT2D eigenvalue weighted by Gasteiger charge is -2.29.